The monoisotopic (exact) mass is 289 g/mol. The van der Waals surface area contributed by atoms with Crippen LogP contribution in [0.2, 0.25) is 0 Å². The fourth-order valence-corrected chi connectivity index (χ4v) is 2.65. The van der Waals surface area contributed by atoms with E-state index in [4.69, 9.17) is 4.42 Å². The fraction of sp³-hybridized carbons (Fsp3) is 0.412. The number of rotatable bonds is 5. The van der Waals surface area contributed by atoms with Crippen molar-refractivity contribution in [2.45, 2.75) is 38.5 Å². The van der Waals surface area contributed by atoms with Crippen LogP contribution in [0.5, 0.6) is 0 Å². The van der Waals surface area contributed by atoms with E-state index in [1.54, 1.807) is 11.8 Å². The quantitative estimate of drug-likeness (QED) is 0.833. The minimum absolute atomic E-state index is 0.136. The molecule has 20 heavy (non-hydrogen) atoms. The molecule has 0 unspecified atom stereocenters. The van der Waals surface area contributed by atoms with Gasteiger partial charge in [-0.25, -0.2) is 0 Å². The minimum atomic E-state index is 0.136. The van der Waals surface area contributed by atoms with Crippen LogP contribution >= 0.6 is 11.8 Å². The number of hydrogen-bond acceptors (Lipinski definition) is 3. The van der Waals surface area contributed by atoms with Gasteiger partial charge in [0.2, 0.25) is 0 Å². The Labute approximate surface area is 126 Å². The van der Waals surface area contributed by atoms with Gasteiger partial charge in [-0.05, 0) is 35.4 Å². The molecular formula is C17H23NOS. The van der Waals surface area contributed by atoms with E-state index >= 15 is 0 Å². The average molecular weight is 289 g/mol. The van der Waals surface area contributed by atoms with Gasteiger partial charge in [0.1, 0.15) is 11.5 Å². The van der Waals surface area contributed by atoms with Crippen LogP contribution in [0.15, 0.2) is 40.8 Å². The molecule has 0 aliphatic carbocycles. The Morgan fingerprint density at radius 1 is 1.05 bits per heavy atom. The Morgan fingerprint density at radius 2 is 1.75 bits per heavy atom. The number of nitrogens with one attached hydrogen (secondary N) is 1. The molecule has 0 fully saturated rings. The summed E-state index contributed by atoms with van der Waals surface area (Å²) in [5, 5.41) is 3.49. The normalized spacial score (nSPS) is 11.6. The third kappa shape index (κ3) is 3.83. The maximum atomic E-state index is 5.79. The second kappa shape index (κ2) is 6.40. The summed E-state index contributed by atoms with van der Waals surface area (Å²) in [7, 11) is 0. The Hall–Kier alpha value is -1.35. The van der Waals surface area contributed by atoms with Crippen LogP contribution in [-0.4, -0.2) is 6.26 Å². The van der Waals surface area contributed by atoms with Gasteiger partial charge in [0.15, 0.2) is 0 Å². The Bertz CT molecular complexity index is 554. The highest BCUT2D eigenvalue weighted by Gasteiger charge is 2.17. The molecule has 0 radical (unpaired) electrons. The molecule has 0 spiro atoms. The first-order chi connectivity index (χ1) is 9.50. The third-order valence-corrected chi connectivity index (χ3v) is 3.77. The van der Waals surface area contributed by atoms with E-state index < -0.39 is 0 Å². The van der Waals surface area contributed by atoms with Crippen LogP contribution < -0.4 is 5.32 Å². The molecule has 0 amide bonds. The van der Waals surface area contributed by atoms with Crippen molar-refractivity contribution in [2.24, 2.45) is 0 Å². The van der Waals surface area contributed by atoms with E-state index in [1.807, 2.05) is 0 Å². The lowest BCUT2D eigenvalue weighted by atomic mass is 9.86. The van der Waals surface area contributed by atoms with Crippen molar-refractivity contribution in [3.63, 3.8) is 0 Å². The molecule has 2 nitrogen and oxygen atoms in total. The van der Waals surface area contributed by atoms with Gasteiger partial charge in [0.25, 0.3) is 0 Å². The largest absolute Gasteiger partial charge is 0.463 e. The van der Waals surface area contributed by atoms with Crippen LogP contribution in [0.25, 0.3) is 0 Å². The summed E-state index contributed by atoms with van der Waals surface area (Å²) < 4.78 is 5.79. The SMILES string of the molecule is CSCc1ccc(CNc2ccccc2C(C)(C)C)o1. The average Bonchev–Trinajstić information content (AvgIpc) is 2.84. The lowest BCUT2D eigenvalue weighted by Crippen LogP contribution is -2.14. The molecule has 2 aromatic rings. The van der Waals surface area contributed by atoms with Gasteiger partial charge >= 0.3 is 0 Å². The predicted octanol–water partition coefficient (Wildman–Crippen LogP) is 5.05. The van der Waals surface area contributed by atoms with Crippen LogP contribution in [-0.2, 0) is 17.7 Å². The molecule has 0 aliphatic rings. The molecule has 1 aromatic carbocycles. The van der Waals surface area contributed by atoms with Gasteiger partial charge in [-0.15, -0.1) is 0 Å². The fourth-order valence-electron chi connectivity index (χ4n) is 2.21. The summed E-state index contributed by atoms with van der Waals surface area (Å²) in [6.07, 6.45) is 2.08. The van der Waals surface area contributed by atoms with E-state index in [1.165, 1.54) is 11.3 Å². The molecule has 0 atom stereocenters. The zero-order valence-corrected chi connectivity index (χ0v) is 13.5. The number of benzene rings is 1. The summed E-state index contributed by atoms with van der Waals surface area (Å²) in [6.45, 7) is 7.42. The number of para-hydroxylation sites is 1. The predicted molar refractivity (Wildman–Crippen MR) is 88.4 cm³/mol. The van der Waals surface area contributed by atoms with Gasteiger partial charge in [-0.1, -0.05) is 39.0 Å². The zero-order chi connectivity index (χ0) is 14.6. The first-order valence-electron chi connectivity index (χ1n) is 6.90. The maximum Gasteiger partial charge on any atom is 0.123 e. The second-order valence-electron chi connectivity index (χ2n) is 5.95. The highest BCUT2D eigenvalue weighted by atomic mass is 32.2. The van der Waals surface area contributed by atoms with Gasteiger partial charge in [0.05, 0.1) is 12.3 Å². The van der Waals surface area contributed by atoms with Crippen molar-refractivity contribution >= 4 is 17.4 Å². The number of thioether (sulfide) groups is 1. The lowest BCUT2D eigenvalue weighted by Gasteiger charge is -2.23. The number of anilines is 1. The first-order valence-corrected chi connectivity index (χ1v) is 8.30. The number of hydrogen-bond donors (Lipinski definition) is 1. The van der Waals surface area contributed by atoms with Crippen molar-refractivity contribution in [2.75, 3.05) is 11.6 Å². The standard InChI is InChI=1S/C17H23NOS/c1-17(2,3)15-7-5-6-8-16(15)18-11-13-9-10-14(19-13)12-20-4/h5-10,18H,11-12H2,1-4H3. The lowest BCUT2D eigenvalue weighted by molar-refractivity contribution is 0.487. The molecule has 0 saturated heterocycles. The van der Waals surface area contributed by atoms with Crippen molar-refractivity contribution in [3.05, 3.63) is 53.5 Å². The van der Waals surface area contributed by atoms with Gasteiger partial charge in [-0.2, -0.15) is 11.8 Å². The molecule has 0 aliphatic heterocycles. The van der Waals surface area contributed by atoms with Crippen LogP contribution in [0, 0.1) is 0 Å². The molecule has 2 rings (SSSR count). The van der Waals surface area contributed by atoms with E-state index in [-0.39, 0.29) is 5.41 Å². The highest BCUT2D eigenvalue weighted by molar-refractivity contribution is 7.97. The molecule has 1 heterocycles. The van der Waals surface area contributed by atoms with E-state index in [0.29, 0.717) is 0 Å². The molecule has 0 bridgehead atoms. The van der Waals surface area contributed by atoms with Gasteiger partial charge in [0, 0.05) is 5.69 Å². The summed E-state index contributed by atoms with van der Waals surface area (Å²) >= 11 is 1.77. The minimum Gasteiger partial charge on any atom is -0.463 e. The summed E-state index contributed by atoms with van der Waals surface area (Å²) in [6, 6.07) is 12.6. The maximum absolute atomic E-state index is 5.79. The molecule has 3 heteroatoms. The topological polar surface area (TPSA) is 25.2 Å². The molecule has 108 valence electrons. The van der Waals surface area contributed by atoms with Crippen molar-refractivity contribution in [1.82, 2.24) is 0 Å². The third-order valence-electron chi connectivity index (χ3n) is 3.19. The second-order valence-corrected chi connectivity index (χ2v) is 6.82. The molecule has 0 saturated carbocycles. The zero-order valence-electron chi connectivity index (χ0n) is 12.7. The van der Waals surface area contributed by atoms with Gasteiger partial charge < -0.3 is 9.73 Å². The summed E-state index contributed by atoms with van der Waals surface area (Å²) in [5.41, 5.74) is 2.65. The van der Waals surface area contributed by atoms with E-state index in [0.717, 1.165) is 23.8 Å². The molecule has 1 aromatic heterocycles. The molecular weight excluding hydrogens is 266 g/mol. The van der Waals surface area contributed by atoms with E-state index in [9.17, 15) is 0 Å². The Morgan fingerprint density at radius 3 is 2.45 bits per heavy atom. The van der Waals surface area contributed by atoms with Crippen LogP contribution in [0.3, 0.4) is 0 Å². The Kier molecular flexibility index (Phi) is 4.81. The molecule has 1 N–H and O–H groups in total. The summed E-state index contributed by atoms with van der Waals surface area (Å²) in [4.78, 5) is 0. The summed E-state index contributed by atoms with van der Waals surface area (Å²) in [5.74, 6) is 2.95. The Balaban J connectivity index is 2.07. The highest BCUT2D eigenvalue weighted by Crippen LogP contribution is 2.29. The van der Waals surface area contributed by atoms with Crippen molar-refractivity contribution in [3.8, 4) is 0 Å². The van der Waals surface area contributed by atoms with E-state index in [2.05, 4.69) is 68.7 Å². The van der Waals surface area contributed by atoms with Crippen molar-refractivity contribution < 1.29 is 4.42 Å². The van der Waals surface area contributed by atoms with Gasteiger partial charge in [-0.3, -0.25) is 0 Å². The van der Waals surface area contributed by atoms with Crippen LogP contribution in [0.1, 0.15) is 37.9 Å². The first kappa shape index (κ1) is 15.0. The number of furan rings is 1. The van der Waals surface area contributed by atoms with Crippen molar-refractivity contribution in [1.29, 1.82) is 0 Å². The smallest absolute Gasteiger partial charge is 0.123 e. The van der Waals surface area contributed by atoms with Crippen LogP contribution in [0.4, 0.5) is 5.69 Å².